The molecule has 1 atom stereocenters. The molecule has 3 aromatic carbocycles. The summed E-state index contributed by atoms with van der Waals surface area (Å²) in [5, 5.41) is 19.0. The van der Waals surface area contributed by atoms with Crippen LogP contribution >= 0.6 is 0 Å². The number of fused-ring (bicyclic) bond motifs is 1. The second-order valence-corrected chi connectivity index (χ2v) is 12.2. The van der Waals surface area contributed by atoms with E-state index < -0.39 is 36.4 Å². The summed E-state index contributed by atoms with van der Waals surface area (Å²) in [7, 11) is 0. The molecule has 0 saturated heterocycles. The summed E-state index contributed by atoms with van der Waals surface area (Å²) in [6.07, 6.45) is -3.33. The van der Waals surface area contributed by atoms with E-state index in [1.165, 1.54) is 0 Å². The van der Waals surface area contributed by atoms with E-state index in [1.807, 2.05) is 57.2 Å². The molecule has 0 spiro atoms. The molecule has 1 heterocycles. The average Bonchev–Trinajstić information content (AvgIpc) is 3.34. The van der Waals surface area contributed by atoms with Gasteiger partial charge in [-0.05, 0) is 83.0 Å². The van der Waals surface area contributed by atoms with Crippen molar-refractivity contribution in [1.29, 1.82) is 0 Å². The summed E-state index contributed by atoms with van der Waals surface area (Å²) in [6.45, 7) is 9.71. The van der Waals surface area contributed by atoms with Crippen LogP contribution in [0.15, 0.2) is 72.9 Å². The number of rotatable bonds is 10. The number of alkyl halides is 3. The van der Waals surface area contributed by atoms with Crippen molar-refractivity contribution < 1.29 is 27.8 Å². The van der Waals surface area contributed by atoms with Crippen molar-refractivity contribution in [3.05, 3.63) is 89.6 Å². The Hall–Kier alpha value is -3.89. The van der Waals surface area contributed by atoms with Crippen molar-refractivity contribution in [3.8, 4) is 5.69 Å². The first-order chi connectivity index (χ1) is 20.1. The highest BCUT2D eigenvalue weighted by Crippen LogP contribution is 2.34. The van der Waals surface area contributed by atoms with Crippen LogP contribution in [0, 0.1) is 6.92 Å². The van der Waals surface area contributed by atoms with Crippen molar-refractivity contribution >= 4 is 22.6 Å². The first-order valence-electron chi connectivity index (χ1n) is 14.2. The van der Waals surface area contributed by atoms with Gasteiger partial charge in [-0.3, -0.25) is 4.90 Å². The number of hydrogen-bond donors (Lipinski definition) is 2. The fourth-order valence-corrected chi connectivity index (χ4v) is 4.78. The van der Waals surface area contributed by atoms with E-state index in [9.17, 15) is 23.1 Å². The van der Waals surface area contributed by atoms with Gasteiger partial charge < -0.3 is 15.2 Å². The third kappa shape index (κ3) is 7.74. The van der Waals surface area contributed by atoms with Crippen molar-refractivity contribution in [3.63, 3.8) is 0 Å². The van der Waals surface area contributed by atoms with Crippen molar-refractivity contribution in [2.45, 2.75) is 71.5 Å². The van der Waals surface area contributed by atoms with E-state index in [2.05, 4.69) is 10.4 Å². The van der Waals surface area contributed by atoms with Crippen LogP contribution in [-0.2, 0) is 11.3 Å². The number of benzene rings is 3. The van der Waals surface area contributed by atoms with Crippen LogP contribution in [0.1, 0.15) is 56.1 Å². The predicted molar refractivity (Wildman–Crippen MR) is 162 cm³/mol. The Balaban J connectivity index is 1.62. The standard InChI is InChI=1S/C33H39F3N4O3/c1-22(2)39(19-24-11-8-7-9-12-24)21-32(42,33(34,35)36)20-37-28-15-23(3)16-29-27(28)18-38-40(29)26-14-10-13-25(17-26)30(41)43-31(4,5)6/h7-18,22,37,42H,19-21H2,1-6H3. The van der Waals surface area contributed by atoms with Gasteiger partial charge in [0.25, 0.3) is 0 Å². The van der Waals surface area contributed by atoms with Crippen molar-refractivity contribution in [1.82, 2.24) is 14.7 Å². The lowest BCUT2D eigenvalue weighted by Crippen LogP contribution is -2.58. The Morgan fingerprint density at radius 2 is 1.74 bits per heavy atom. The predicted octanol–water partition coefficient (Wildman–Crippen LogP) is 6.91. The summed E-state index contributed by atoms with van der Waals surface area (Å²) in [5.41, 5.74) is -0.0631. The Bertz CT molecular complexity index is 1560. The number of hydrogen-bond acceptors (Lipinski definition) is 6. The third-order valence-electron chi connectivity index (χ3n) is 7.08. The number of esters is 1. The molecular formula is C33H39F3N4O3. The fraction of sp³-hybridized carbons (Fsp3) is 0.394. The number of aryl methyl sites for hydroxylation is 1. The molecule has 2 N–H and O–H groups in total. The molecule has 10 heteroatoms. The van der Waals surface area contributed by atoms with Gasteiger partial charge in [-0.15, -0.1) is 0 Å². The number of aromatic nitrogens is 2. The lowest BCUT2D eigenvalue weighted by molar-refractivity contribution is -0.260. The molecule has 0 amide bonds. The van der Waals surface area contributed by atoms with Crippen molar-refractivity contribution in [2.24, 2.45) is 0 Å². The Labute approximate surface area is 250 Å². The highest BCUT2D eigenvalue weighted by atomic mass is 19.4. The number of ether oxygens (including phenoxy) is 1. The Kier molecular flexibility index (Phi) is 9.22. The monoisotopic (exact) mass is 596 g/mol. The first-order valence-corrected chi connectivity index (χ1v) is 14.2. The molecular weight excluding hydrogens is 557 g/mol. The molecule has 4 aromatic rings. The largest absolute Gasteiger partial charge is 0.456 e. The molecule has 0 bridgehead atoms. The number of anilines is 1. The average molecular weight is 597 g/mol. The molecule has 4 rings (SSSR count). The van der Waals surface area contributed by atoms with Crippen LogP contribution in [-0.4, -0.2) is 62.3 Å². The lowest BCUT2D eigenvalue weighted by atomic mass is 10.0. The zero-order valence-electron chi connectivity index (χ0n) is 25.4. The number of nitrogens with one attached hydrogen (secondary N) is 1. The molecule has 43 heavy (non-hydrogen) atoms. The summed E-state index contributed by atoms with van der Waals surface area (Å²) in [5.74, 6) is -0.474. The molecule has 0 saturated carbocycles. The quantitative estimate of drug-likeness (QED) is 0.194. The molecule has 0 aliphatic heterocycles. The smallest absolute Gasteiger partial charge is 0.420 e. The minimum Gasteiger partial charge on any atom is -0.456 e. The van der Waals surface area contributed by atoms with Gasteiger partial charge in [0.15, 0.2) is 5.60 Å². The number of carbonyl (C=O) groups is 1. The number of carbonyl (C=O) groups excluding carboxylic acids is 1. The summed E-state index contributed by atoms with van der Waals surface area (Å²) < 4.78 is 50.4. The zero-order chi connectivity index (χ0) is 31.6. The van der Waals surface area contributed by atoms with Crippen molar-refractivity contribution in [2.75, 3.05) is 18.4 Å². The highest BCUT2D eigenvalue weighted by Gasteiger charge is 2.54. The van der Waals surface area contributed by atoms with Gasteiger partial charge in [-0.1, -0.05) is 36.4 Å². The van der Waals surface area contributed by atoms with E-state index in [1.54, 1.807) is 66.9 Å². The molecule has 0 radical (unpaired) electrons. The molecule has 0 aliphatic rings. The second kappa shape index (κ2) is 12.4. The van der Waals surface area contributed by atoms with Crippen LogP contribution in [0.5, 0.6) is 0 Å². The van der Waals surface area contributed by atoms with Gasteiger partial charge in [0.1, 0.15) is 5.60 Å². The van der Waals surface area contributed by atoms with Crippen LogP contribution in [0.3, 0.4) is 0 Å². The van der Waals surface area contributed by atoms with E-state index in [0.29, 0.717) is 27.8 Å². The van der Waals surface area contributed by atoms with Gasteiger partial charge in [-0.2, -0.15) is 18.3 Å². The van der Waals surface area contributed by atoms with E-state index >= 15 is 0 Å². The maximum absolute atomic E-state index is 14.4. The summed E-state index contributed by atoms with van der Waals surface area (Å²) in [6, 6.07) is 19.4. The topological polar surface area (TPSA) is 79.6 Å². The Morgan fingerprint density at radius 1 is 1.05 bits per heavy atom. The second-order valence-electron chi connectivity index (χ2n) is 12.2. The van der Waals surface area contributed by atoms with Gasteiger partial charge in [0.2, 0.25) is 0 Å². The lowest BCUT2D eigenvalue weighted by Gasteiger charge is -2.38. The van der Waals surface area contributed by atoms with E-state index in [0.717, 1.165) is 11.1 Å². The van der Waals surface area contributed by atoms with Gasteiger partial charge in [0, 0.05) is 30.2 Å². The fourth-order valence-electron chi connectivity index (χ4n) is 4.78. The van der Waals surface area contributed by atoms with Crippen LogP contribution < -0.4 is 5.32 Å². The van der Waals surface area contributed by atoms with E-state index in [4.69, 9.17) is 4.74 Å². The van der Waals surface area contributed by atoms with Gasteiger partial charge in [-0.25, -0.2) is 9.48 Å². The molecule has 0 fully saturated rings. The summed E-state index contributed by atoms with van der Waals surface area (Å²) >= 11 is 0. The highest BCUT2D eigenvalue weighted by molar-refractivity contribution is 5.94. The number of aliphatic hydroxyl groups is 1. The SMILES string of the molecule is Cc1cc(NCC(O)(CN(Cc2ccccc2)C(C)C)C(F)(F)F)c2cnn(-c3cccc(C(=O)OC(C)(C)C)c3)c2c1. The minimum absolute atomic E-state index is 0.241. The maximum atomic E-state index is 14.4. The molecule has 230 valence electrons. The molecule has 0 aliphatic carbocycles. The van der Waals surface area contributed by atoms with E-state index in [-0.39, 0.29) is 12.6 Å². The normalized spacial score (nSPS) is 13.9. The van der Waals surface area contributed by atoms with Crippen LogP contribution in [0.25, 0.3) is 16.6 Å². The van der Waals surface area contributed by atoms with Crippen LogP contribution in [0.4, 0.5) is 18.9 Å². The van der Waals surface area contributed by atoms with Gasteiger partial charge in [0.05, 0.1) is 29.5 Å². The third-order valence-corrected chi connectivity index (χ3v) is 7.08. The molecule has 7 nitrogen and oxygen atoms in total. The first kappa shape index (κ1) is 32.0. The maximum Gasteiger partial charge on any atom is 0.420 e. The Morgan fingerprint density at radius 3 is 2.37 bits per heavy atom. The molecule has 1 unspecified atom stereocenters. The number of halogens is 3. The minimum atomic E-state index is -4.89. The molecule has 1 aromatic heterocycles. The number of nitrogens with zero attached hydrogens (tertiary/aromatic N) is 3. The van der Waals surface area contributed by atoms with Crippen LogP contribution in [0.2, 0.25) is 0 Å². The summed E-state index contributed by atoms with van der Waals surface area (Å²) in [4.78, 5) is 14.3. The van der Waals surface area contributed by atoms with Gasteiger partial charge >= 0.3 is 12.1 Å². The zero-order valence-corrected chi connectivity index (χ0v) is 25.4.